The van der Waals surface area contributed by atoms with Crippen LogP contribution in [0.2, 0.25) is 0 Å². The van der Waals surface area contributed by atoms with E-state index in [4.69, 9.17) is 68.7 Å². The smallest absolute Gasteiger partial charge is 0.303 e. The van der Waals surface area contributed by atoms with Crippen LogP contribution in [0.1, 0.15) is 34.6 Å². The minimum Gasteiger partial charge on any atom is -0.463 e. The van der Waals surface area contributed by atoms with Crippen molar-refractivity contribution >= 4 is 29.8 Å². The Morgan fingerprint density at radius 1 is 0.443 bits per heavy atom. The van der Waals surface area contributed by atoms with Crippen LogP contribution in [0.4, 0.5) is 0 Å². The Hall–Kier alpha value is -3.33. The molecule has 4 heterocycles. The highest BCUT2D eigenvalue weighted by Crippen LogP contribution is 2.34. The maximum atomic E-state index is 11.9. The number of nitrogens with two attached hydrogens (primary N) is 2. The van der Waals surface area contributed by atoms with Crippen molar-refractivity contribution in [3.63, 3.8) is 0 Å². The second-order valence-electron chi connectivity index (χ2n) is 14.1. The van der Waals surface area contributed by atoms with E-state index in [-0.39, 0.29) is 13.1 Å². The first-order valence-electron chi connectivity index (χ1n) is 18.8. The van der Waals surface area contributed by atoms with Crippen LogP contribution in [-0.4, -0.2) is 225 Å². The molecule has 8 unspecified atom stereocenters. The third kappa shape index (κ3) is 13.6. The number of hydrogen-bond acceptors (Lipinski definition) is 27. The molecule has 0 aliphatic carbocycles. The molecule has 13 N–H and O–H groups in total. The van der Waals surface area contributed by atoms with E-state index in [1.807, 2.05) is 0 Å². The average molecular weight is 893 g/mol. The monoisotopic (exact) mass is 892 g/mol. The summed E-state index contributed by atoms with van der Waals surface area (Å²) in [6.07, 6.45) is -30.0. The van der Waals surface area contributed by atoms with Gasteiger partial charge in [-0.1, -0.05) is 0 Å². The second kappa shape index (κ2) is 23.4. The highest BCUT2D eigenvalue weighted by atomic mass is 16.8. The number of esters is 5. The van der Waals surface area contributed by atoms with Gasteiger partial charge in [0, 0.05) is 47.7 Å². The van der Waals surface area contributed by atoms with Gasteiger partial charge in [0.05, 0.1) is 6.61 Å². The molecule has 27 nitrogen and oxygen atoms in total. The van der Waals surface area contributed by atoms with E-state index in [2.05, 4.69) is 0 Å². The van der Waals surface area contributed by atoms with Gasteiger partial charge in [-0.25, -0.2) is 0 Å². The minimum atomic E-state index is -1.76. The molecule has 0 aromatic heterocycles. The van der Waals surface area contributed by atoms with Crippen molar-refractivity contribution in [2.45, 2.75) is 157 Å². The zero-order valence-electron chi connectivity index (χ0n) is 33.6. The molecule has 0 aromatic rings. The molecule has 4 fully saturated rings. The molecule has 20 atom stereocenters. The number of aliphatic hydroxyl groups excluding tert-OH is 9. The second-order valence-corrected chi connectivity index (χ2v) is 14.1. The zero-order valence-corrected chi connectivity index (χ0v) is 33.6. The van der Waals surface area contributed by atoms with Crippen molar-refractivity contribution in [2.24, 2.45) is 11.5 Å². The zero-order chi connectivity index (χ0) is 46.0. The largest absolute Gasteiger partial charge is 0.463 e. The third-order valence-electron chi connectivity index (χ3n) is 9.44. The first-order chi connectivity index (χ1) is 28.6. The molecule has 4 saturated heterocycles. The van der Waals surface area contributed by atoms with E-state index in [0.717, 1.165) is 34.6 Å². The molecular formula is C34H56N2O25. The first-order valence-corrected chi connectivity index (χ1v) is 18.8. The Labute approximate surface area is 347 Å². The quantitative estimate of drug-likeness (QED) is 0.0604. The first kappa shape index (κ1) is 52.0. The Balaban J connectivity index is 0.000000367. The predicted octanol–water partition coefficient (Wildman–Crippen LogP) is -8.01. The minimum absolute atomic E-state index is 0.178. The van der Waals surface area contributed by atoms with Crippen LogP contribution in [-0.2, 0) is 76.1 Å². The van der Waals surface area contributed by atoms with Gasteiger partial charge in [0.25, 0.3) is 0 Å². The Bertz CT molecular complexity index is 1460. The lowest BCUT2D eigenvalue weighted by Crippen LogP contribution is -2.67. The van der Waals surface area contributed by atoms with Crippen molar-refractivity contribution in [3.8, 4) is 0 Å². The molecule has 0 amide bonds. The highest BCUT2D eigenvalue weighted by molar-refractivity contribution is 5.68. The number of hydrogen-bond donors (Lipinski definition) is 11. The van der Waals surface area contributed by atoms with E-state index in [1.165, 1.54) is 0 Å². The maximum Gasteiger partial charge on any atom is 0.303 e. The summed E-state index contributed by atoms with van der Waals surface area (Å²) >= 11 is 0. The van der Waals surface area contributed by atoms with Crippen molar-refractivity contribution in [1.82, 2.24) is 0 Å². The van der Waals surface area contributed by atoms with Crippen LogP contribution in [0, 0.1) is 0 Å². The van der Waals surface area contributed by atoms with Gasteiger partial charge in [-0.3, -0.25) is 24.0 Å². The number of carbonyl (C=O) groups is 5. The topological polar surface area (TPSA) is 421 Å². The summed E-state index contributed by atoms with van der Waals surface area (Å²) in [5, 5.41) is 88.7. The SMILES string of the molecule is CC(=O)OCC1O[C@@H](O[C@@H]2C(CN)O[C@H](O)C(OC(C)=O)[C@H]2OC(C)=O)C(OC(C)=O)[C@@H](OC(C)=O)[C@@H]1O.NCC1O[C@H](O)C(O)[C@@H](O)[C@@H]1O[C@@H]1OC(CO)[C@@H](O)[C@H](O)C1O. The Morgan fingerprint density at radius 3 is 1.44 bits per heavy atom. The van der Waals surface area contributed by atoms with Gasteiger partial charge >= 0.3 is 29.8 Å². The molecule has 61 heavy (non-hydrogen) atoms. The van der Waals surface area contributed by atoms with Gasteiger partial charge < -0.3 is 110 Å². The Kier molecular flexibility index (Phi) is 19.9. The molecule has 352 valence electrons. The van der Waals surface area contributed by atoms with Crippen molar-refractivity contribution in [2.75, 3.05) is 26.3 Å². The molecule has 0 aromatic carbocycles. The molecule has 0 radical (unpaired) electrons. The standard InChI is InChI=1S/C22H33NO15.C12H23NO10/c1-8(24)31-7-14-15(29)17(32-9(2)25)20(35-12(5)28)22(37-14)38-16-13(6-23)36-21(30)19(34-11(4)27)18(16)33-10(3)26;13-1-3-10(7(17)8(18)11(20)21-3)23-12-9(19)6(16)5(15)4(2-14)22-12/h13-22,29-30H,6-7,23H2,1-5H3;3-12,14-20H,1-2,13H2/t13?,14?,15-,16-,17+,18+,19?,20?,21+,22+;3?,4?,5-,6+,7-,8?,9?,10-,11+,12+/m11/s1. The van der Waals surface area contributed by atoms with E-state index < -0.39 is 166 Å². The van der Waals surface area contributed by atoms with Crippen LogP contribution < -0.4 is 11.5 Å². The number of ether oxygens (including phenoxy) is 11. The van der Waals surface area contributed by atoms with Crippen LogP contribution in [0.25, 0.3) is 0 Å². The van der Waals surface area contributed by atoms with Gasteiger partial charge in [0.15, 0.2) is 49.6 Å². The molecule has 0 spiro atoms. The van der Waals surface area contributed by atoms with Gasteiger partial charge in [-0.2, -0.15) is 0 Å². The normalized spacial score (nSPS) is 41.2. The third-order valence-corrected chi connectivity index (χ3v) is 9.44. The van der Waals surface area contributed by atoms with Crippen molar-refractivity contribution in [3.05, 3.63) is 0 Å². The van der Waals surface area contributed by atoms with Gasteiger partial charge in [-0.05, 0) is 0 Å². The summed E-state index contributed by atoms with van der Waals surface area (Å²) in [4.78, 5) is 58.6. The molecule has 4 rings (SSSR count). The van der Waals surface area contributed by atoms with Gasteiger partial charge in [0.2, 0.25) is 0 Å². The molecule has 4 aliphatic rings. The fraction of sp³-hybridized carbons (Fsp3) is 0.853. The maximum absolute atomic E-state index is 11.9. The summed E-state index contributed by atoms with van der Waals surface area (Å²) in [7, 11) is 0. The number of aliphatic hydroxyl groups is 9. The molecule has 4 aliphatic heterocycles. The fourth-order valence-electron chi connectivity index (χ4n) is 6.64. The highest BCUT2D eigenvalue weighted by Gasteiger charge is 2.56. The van der Waals surface area contributed by atoms with Crippen LogP contribution in [0.15, 0.2) is 0 Å². The van der Waals surface area contributed by atoms with E-state index in [9.17, 15) is 64.8 Å². The lowest BCUT2D eigenvalue weighted by Gasteiger charge is -2.47. The molecule has 0 bridgehead atoms. The van der Waals surface area contributed by atoms with Gasteiger partial charge in [0.1, 0.15) is 79.9 Å². The fourth-order valence-corrected chi connectivity index (χ4v) is 6.64. The van der Waals surface area contributed by atoms with Crippen LogP contribution in [0.5, 0.6) is 0 Å². The van der Waals surface area contributed by atoms with E-state index >= 15 is 0 Å². The number of rotatable bonds is 13. The predicted molar refractivity (Wildman–Crippen MR) is 189 cm³/mol. The van der Waals surface area contributed by atoms with Crippen LogP contribution in [0.3, 0.4) is 0 Å². The van der Waals surface area contributed by atoms with E-state index in [0.29, 0.717) is 0 Å². The molecule has 0 saturated carbocycles. The lowest BCUT2D eigenvalue weighted by atomic mass is 9.96. The summed E-state index contributed by atoms with van der Waals surface area (Å²) in [5.41, 5.74) is 11.2. The summed E-state index contributed by atoms with van der Waals surface area (Å²) in [6, 6.07) is 0. The van der Waals surface area contributed by atoms with E-state index in [1.54, 1.807) is 0 Å². The average Bonchev–Trinajstić information content (AvgIpc) is 3.18. The molecular weight excluding hydrogens is 836 g/mol. The van der Waals surface area contributed by atoms with Crippen molar-refractivity contribution in [1.29, 1.82) is 0 Å². The summed E-state index contributed by atoms with van der Waals surface area (Å²) in [6.45, 7) is 3.68. The lowest BCUT2D eigenvalue weighted by molar-refractivity contribution is -0.354. The van der Waals surface area contributed by atoms with Gasteiger partial charge in [-0.15, -0.1) is 0 Å². The summed E-state index contributed by atoms with van der Waals surface area (Å²) < 4.78 is 58.4. The number of carbonyl (C=O) groups excluding carboxylic acids is 5. The van der Waals surface area contributed by atoms with Crippen LogP contribution >= 0.6 is 0 Å². The Morgan fingerprint density at radius 2 is 0.918 bits per heavy atom. The van der Waals surface area contributed by atoms with Crippen molar-refractivity contribution < 1.29 is 122 Å². The summed E-state index contributed by atoms with van der Waals surface area (Å²) in [5.74, 6) is -4.11. The molecule has 27 heteroatoms.